The zero-order valence-corrected chi connectivity index (χ0v) is 15.7. The Morgan fingerprint density at radius 1 is 0.897 bits per heavy atom. The summed E-state index contributed by atoms with van der Waals surface area (Å²) in [6.45, 7) is 0. The van der Waals surface area contributed by atoms with Gasteiger partial charge in [-0.25, -0.2) is 0 Å². The molecule has 8 heteroatoms. The van der Waals surface area contributed by atoms with Crippen molar-refractivity contribution < 1.29 is 14.1 Å². The molecular formula is C21H13N3O4S. The lowest BCUT2D eigenvalue weighted by Gasteiger charge is -2.04. The summed E-state index contributed by atoms with van der Waals surface area (Å²) in [7, 11) is 0. The van der Waals surface area contributed by atoms with Crippen molar-refractivity contribution in [2.45, 2.75) is 10.1 Å². The quantitative estimate of drug-likeness (QED) is 0.253. The van der Waals surface area contributed by atoms with Gasteiger partial charge in [-0.05, 0) is 36.0 Å². The zero-order chi connectivity index (χ0) is 20.2. The normalized spacial score (nSPS) is 10.6. The molecule has 1 aromatic heterocycles. The minimum absolute atomic E-state index is 0.175. The number of aromatic nitrogens is 2. The predicted octanol–water partition coefficient (Wildman–Crippen LogP) is 5.03. The Bertz CT molecular complexity index is 1180. The lowest BCUT2D eigenvalue weighted by Crippen LogP contribution is -2.02. The fraction of sp³-hybridized carbons (Fsp3) is 0. The van der Waals surface area contributed by atoms with Gasteiger partial charge in [-0.3, -0.25) is 14.9 Å². The van der Waals surface area contributed by atoms with Crippen LogP contribution in [0.3, 0.4) is 0 Å². The summed E-state index contributed by atoms with van der Waals surface area (Å²) in [5, 5.41) is 19.7. The molecular weight excluding hydrogens is 390 g/mol. The van der Waals surface area contributed by atoms with Crippen molar-refractivity contribution in [3.63, 3.8) is 0 Å². The maximum Gasteiger partial charge on any atom is 0.284 e. The van der Waals surface area contributed by atoms with Gasteiger partial charge in [0, 0.05) is 22.8 Å². The molecule has 3 aromatic carbocycles. The summed E-state index contributed by atoms with van der Waals surface area (Å²) in [4.78, 5) is 23.9. The molecule has 0 N–H and O–H groups in total. The third-order valence-electron chi connectivity index (χ3n) is 4.08. The van der Waals surface area contributed by atoms with E-state index in [1.165, 1.54) is 12.1 Å². The Balaban J connectivity index is 1.62. The second-order valence-corrected chi connectivity index (χ2v) is 6.97. The van der Waals surface area contributed by atoms with Gasteiger partial charge in [-0.15, -0.1) is 10.2 Å². The molecule has 0 saturated carbocycles. The van der Waals surface area contributed by atoms with Crippen molar-refractivity contribution in [2.24, 2.45) is 0 Å². The Morgan fingerprint density at radius 3 is 2.28 bits per heavy atom. The van der Waals surface area contributed by atoms with Gasteiger partial charge in [-0.1, -0.05) is 48.5 Å². The summed E-state index contributed by atoms with van der Waals surface area (Å²) in [5.74, 6) is 0.0426. The molecule has 0 amide bonds. The van der Waals surface area contributed by atoms with E-state index in [0.29, 0.717) is 16.3 Å². The molecule has 29 heavy (non-hydrogen) atoms. The van der Waals surface area contributed by atoms with Crippen LogP contribution >= 0.6 is 11.8 Å². The van der Waals surface area contributed by atoms with E-state index in [2.05, 4.69) is 10.2 Å². The van der Waals surface area contributed by atoms with Crippen LogP contribution in [0.4, 0.5) is 5.69 Å². The van der Waals surface area contributed by atoms with Crippen LogP contribution in [0.15, 0.2) is 93.4 Å². The largest absolute Gasteiger partial charge is 0.411 e. The van der Waals surface area contributed by atoms with Crippen LogP contribution in [0, 0.1) is 10.1 Å². The van der Waals surface area contributed by atoms with E-state index in [1.54, 1.807) is 36.4 Å². The molecule has 0 aliphatic carbocycles. The topological polar surface area (TPSA) is 99.1 Å². The van der Waals surface area contributed by atoms with Crippen molar-refractivity contribution in [1.29, 1.82) is 0 Å². The van der Waals surface area contributed by atoms with Crippen LogP contribution in [-0.4, -0.2) is 20.9 Å². The van der Waals surface area contributed by atoms with Gasteiger partial charge in [0.1, 0.15) is 0 Å². The molecule has 0 bridgehead atoms. The smallest absolute Gasteiger partial charge is 0.284 e. The molecule has 1 heterocycles. The average molecular weight is 403 g/mol. The highest BCUT2D eigenvalue weighted by Gasteiger charge is 2.21. The Labute approximate surface area is 169 Å². The van der Waals surface area contributed by atoms with Gasteiger partial charge >= 0.3 is 0 Å². The lowest BCUT2D eigenvalue weighted by molar-refractivity contribution is -0.387. The number of hydrogen-bond donors (Lipinski definition) is 0. The molecule has 0 unspecified atom stereocenters. The average Bonchev–Trinajstić information content (AvgIpc) is 3.23. The van der Waals surface area contributed by atoms with Crippen molar-refractivity contribution in [1.82, 2.24) is 10.2 Å². The molecule has 4 rings (SSSR count). The van der Waals surface area contributed by atoms with E-state index in [4.69, 9.17) is 4.42 Å². The van der Waals surface area contributed by atoms with E-state index in [0.717, 1.165) is 17.3 Å². The first kappa shape index (κ1) is 18.6. The lowest BCUT2D eigenvalue weighted by atomic mass is 10.0. The van der Waals surface area contributed by atoms with E-state index in [1.807, 2.05) is 30.3 Å². The minimum atomic E-state index is -0.529. The van der Waals surface area contributed by atoms with Crippen LogP contribution in [-0.2, 0) is 0 Å². The van der Waals surface area contributed by atoms with E-state index in [9.17, 15) is 14.9 Å². The number of nitrogens with zero attached hydrogens (tertiary/aromatic N) is 3. The van der Waals surface area contributed by atoms with Crippen molar-refractivity contribution in [3.8, 4) is 11.5 Å². The standard InChI is InChI=1S/C21H13N3O4S/c25-19(14-7-3-1-4-8-14)16-11-12-18(17(13-16)24(26)27)29-21-23-22-20(28-21)15-9-5-2-6-10-15/h1-13H. The van der Waals surface area contributed by atoms with Crippen molar-refractivity contribution in [2.75, 3.05) is 0 Å². The molecule has 0 saturated heterocycles. The molecule has 7 nitrogen and oxygen atoms in total. The molecule has 0 radical (unpaired) electrons. The van der Waals surface area contributed by atoms with Crippen molar-refractivity contribution >= 4 is 23.2 Å². The summed E-state index contributed by atoms with van der Waals surface area (Å²) in [5.41, 5.74) is 1.26. The van der Waals surface area contributed by atoms with Crippen LogP contribution in [0.25, 0.3) is 11.5 Å². The van der Waals surface area contributed by atoms with E-state index < -0.39 is 4.92 Å². The van der Waals surface area contributed by atoms with Gasteiger partial charge in [0.2, 0.25) is 5.89 Å². The van der Waals surface area contributed by atoms with Gasteiger partial charge in [-0.2, -0.15) is 0 Å². The number of hydrogen-bond acceptors (Lipinski definition) is 7. The number of carbonyl (C=O) groups is 1. The SMILES string of the molecule is O=C(c1ccccc1)c1ccc(Sc2nnc(-c3ccccc3)o2)c([N+](=O)[O-])c1. The fourth-order valence-electron chi connectivity index (χ4n) is 2.69. The Kier molecular flexibility index (Phi) is 5.17. The van der Waals surface area contributed by atoms with Gasteiger partial charge in [0.25, 0.3) is 10.9 Å². The molecule has 0 fully saturated rings. The second-order valence-electron chi connectivity index (χ2n) is 5.98. The van der Waals surface area contributed by atoms with Crippen LogP contribution in [0.2, 0.25) is 0 Å². The van der Waals surface area contributed by atoms with Gasteiger partial charge in [0.15, 0.2) is 5.78 Å². The van der Waals surface area contributed by atoms with Gasteiger partial charge in [0.05, 0.1) is 9.82 Å². The Morgan fingerprint density at radius 2 is 1.59 bits per heavy atom. The third-order valence-corrected chi connectivity index (χ3v) is 4.98. The fourth-order valence-corrected chi connectivity index (χ4v) is 3.45. The van der Waals surface area contributed by atoms with Crippen LogP contribution < -0.4 is 0 Å². The molecule has 0 aliphatic rings. The first-order valence-corrected chi connectivity index (χ1v) is 9.38. The summed E-state index contributed by atoms with van der Waals surface area (Å²) in [6, 6.07) is 22.2. The number of rotatable bonds is 6. The first-order valence-electron chi connectivity index (χ1n) is 8.57. The van der Waals surface area contributed by atoms with Crippen LogP contribution in [0.5, 0.6) is 0 Å². The maximum absolute atomic E-state index is 12.6. The third kappa shape index (κ3) is 4.07. The highest BCUT2D eigenvalue weighted by atomic mass is 32.2. The minimum Gasteiger partial charge on any atom is -0.411 e. The number of nitro groups is 1. The van der Waals surface area contributed by atoms with Crippen LogP contribution in [0.1, 0.15) is 15.9 Å². The zero-order valence-electron chi connectivity index (χ0n) is 14.9. The predicted molar refractivity (Wildman–Crippen MR) is 107 cm³/mol. The summed E-state index contributed by atoms with van der Waals surface area (Å²) < 4.78 is 5.61. The molecule has 0 spiro atoms. The Hall–Kier alpha value is -3.78. The number of nitro benzene ring substituents is 1. The molecule has 4 aromatic rings. The molecule has 0 aliphatic heterocycles. The van der Waals surface area contributed by atoms with Crippen molar-refractivity contribution in [3.05, 3.63) is 100 Å². The molecule has 142 valence electrons. The first-order chi connectivity index (χ1) is 14.1. The molecule has 0 atom stereocenters. The monoisotopic (exact) mass is 403 g/mol. The van der Waals surface area contributed by atoms with E-state index in [-0.39, 0.29) is 22.3 Å². The maximum atomic E-state index is 12.6. The highest BCUT2D eigenvalue weighted by molar-refractivity contribution is 7.99. The second kappa shape index (κ2) is 8.07. The summed E-state index contributed by atoms with van der Waals surface area (Å²) in [6.07, 6.45) is 0. The summed E-state index contributed by atoms with van der Waals surface area (Å²) >= 11 is 0.981. The van der Waals surface area contributed by atoms with Gasteiger partial charge < -0.3 is 4.42 Å². The number of carbonyl (C=O) groups excluding carboxylic acids is 1. The number of benzene rings is 3. The highest BCUT2D eigenvalue weighted by Crippen LogP contribution is 2.36. The number of ketones is 1. The van der Waals surface area contributed by atoms with E-state index >= 15 is 0 Å².